The maximum atomic E-state index is 12.9. The van der Waals surface area contributed by atoms with Gasteiger partial charge in [-0.25, -0.2) is 9.48 Å². The molecular weight excluding hydrogens is 356 g/mol. The minimum Gasteiger partial charge on any atom is -0.496 e. The molecule has 0 saturated carbocycles. The van der Waals surface area contributed by atoms with Crippen molar-refractivity contribution >= 4 is 5.91 Å². The highest BCUT2D eigenvalue weighted by molar-refractivity contribution is 5.97. The highest BCUT2D eigenvalue weighted by atomic mass is 16.5. The third kappa shape index (κ3) is 3.43. The zero-order valence-electron chi connectivity index (χ0n) is 15.7. The first-order valence-electron chi connectivity index (χ1n) is 9.30. The molecule has 1 aliphatic rings. The molecule has 0 saturated heterocycles. The Balaban J connectivity index is 1.52. The van der Waals surface area contributed by atoms with Gasteiger partial charge in [0.1, 0.15) is 11.6 Å². The molecule has 0 spiro atoms. The summed E-state index contributed by atoms with van der Waals surface area (Å²) in [5.41, 5.74) is 1.43. The van der Waals surface area contributed by atoms with E-state index in [1.807, 2.05) is 42.5 Å². The predicted octanol–water partition coefficient (Wildman–Crippen LogP) is 1.80. The minimum atomic E-state index is -0.134. The molecule has 0 radical (unpaired) electrons. The lowest BCUT2D eigenvalue weighted by molar-refractivity contribution is 0.0755. The molecule has 1 amide bonds. The Morgan fingerprint density at radius 2 is 1.79 bits per heavy atom. The average Bonchev–Trinajstić information content (AvgIpc) is 2.90. The number of hydrogen-bond donors (Lipinski definition) is 0. The number of hydrogen-bond acceptors (Lipinski definition) is 4. The van der Waals surface area contributed by atoms with Crippen molar-refractivity contribution < 1.29 is 9.53 Å². The van der Waals surface area contributed by atoms with Crippen LogP contribution >= 0.6 is 0 Å². The van der Waals surface area contributed by atoms with Crippen LogP contribution in [0.3, 0.4) is 0 Å². The summed E-state index contributed by atoms with van der Waals surface area (Å²) in [6, 6.07) is 17.0. The van der Waals surface area contributed by atoms with Gasteiger partial charge >= 0.3 is 5.69 Å². The zero-order valence-corrected chi connectivity index (χ0v) is 15.7. The van der Waals surface area contributed by atoms with Crippen LogP contribution in [-0.4, -0.2) is 45.4 Å². The molecule has 1 aromatic heterocycles. The second kappa shape index (κ2) is 7.72. The van der Waals surface area contributed by atoms with Crippen molar-refractivity contribution in [3.63, 3.8) is 0 Å². The van der Waals surface area contributed by atoms with Crippen molar-refractivity contribution in [2.45, 2.75) is 19.5 Å². The fourth-order valence-electron chi connectivity index (χ4n) is 3.52. The monoisotopic (exact) mass is 378 g/mol. The number of aromatic nitrogens is 3. The molecule has 3 aromatic rings. The predicted molar refractivity (Wildman–Crippen MR) is 105 cm³/mol. The number of fused-ring (bicyclic) bond motifs is 1. The molecule has 4 rings (SSSR count). The van der Waals surface area contributed by atoms with Gasteiger partial charge < -0.3 is 9.64 Å². The van der Waals surface area contributed by atoms with Crippen molar-refractivity contribution in [3.05, 3.63) is 82.0 Å². The minimum absolute atomic E-state index is 0.0900. The van der Waals surface area contributed by atoms with E-state index in [4.69, 9.17) is 4.74 Å². The first-order chi connectivity index (χ1) is 13.7. The molecule has 144 valence electrons. The lowest BCUT2D eigenvalue weighted by Gasteiger charge is -2.21. The molecule has 1 aliphatic heterocycles. The van der Waals surface area contributed by atoms with E-state index in [0.29, 0.717) is 43.9 Å². The van der Waals surface area contributed by atoms with E-state index in [0.717, 1.165) is 11.4 Å². The molecule has 0 bridgehead atoms. The van der Waals surface area contributed by atoms with Crippen molar-refractivity contribution in [3.8, 4) is 5.75 Å². The largest absolute Gasteiger partial charge is 0.496 e. The van der Waals surface area contributed by atoms with Gasteiger partial charge in [-0.05, 0) is 17.7 Å². The Bertz CT molecular complexity index is 1040. The molecular formula is C21H22N4O3. The summed E-state index contributed by atoms with van der Waals surface area (Å²) in [7, 11) is 1.55. The zero-order chi connectivity index (χ0) is 19.5. The number of carbonyl (C=O) groups is 1. The first-order valence-corrected chi connectivity index (χ1v) is 9.30. The van der Waals surface area contributed by atoms with Gasteiger partial charge in [0, 0.05) is 26.1 Å². The topological polar surface area (TPSA) is 69.4 Å². The SMILES string of the molecule is COc1ccccc1C(=O)N1CCc2nn(Cc3ccccc3)c(=O)n2CC1. The molecule has 0 N–H and O–H groups in total. The van der Waals surface area contributed by atoms with E-state index < -0.39 is 0 Å². The molecule has 0 aliphatic carbocycles. The second-order valence-corrected chi connectivity index (χ2v) is 6.74. The Hall–Kier alpha value is -3.35. The second-order valence-electron chi connectivity index (χ2n) is 6.74. The summed E-state index contributed by atoms with van der Waals surface area (Å²) in [4.78, 5) is 27.4. The Labute approximate surface area is 162 Å². The molecule has 7 nitrogen and oxygen atoms in total. The van der Waals surface area contributed by atoms with Gasteiger partial charge in [-0.1, -0.05) is 42.5 Å². The summed E-state index contributed by atoms with van der Waals surface area (Å²) in [5.74, 6) is 1.18. The highest BCUT2D eigenvalue weighted by Crippen LogP contribution is 2.20. The smallest absolute Gasteiger partial charge is 0.346 e. The quantitative estimate of drug-likeness (QED) is 0.694. The van der Waals surface area contributed by atoms with E-state index in [1.54, 1.807) is 28.7 Å². The van der Waals surface area contributed by atoms with Crippen LogP contribution in [0, 0.1) is 0 Å². The molecule has 7 heteroatoms. The van der Waals surface area contributed by atoms with Gasteiger partial charge in [0.2, 0.25) is 0 Å². The normalized spacial score (nSPS) is 13.7. The molecule has 2 aromatic carbocycles. The Morgan fingerprint density at radius 1 is 1.04 bits per heavy atom. The van der Waals surface area contributed by atoms with Crippen LogP contribution in [0.25, 0.3) is 0 Å². The number of nitrogens with zero attached hydrogens (tertiary/aromatic N) is 4. The van der Waals surface area contributed by atoms with E-state index in [2.05, 4.69) is 5.10 Å². The van der Waals surface area contributed by atoms with E-state index >= 15 is 0 Å². The van der Waals surface area contributed by atoms with E-state index in [9.17, 15) is 9.59 Å². The number of rotatable bonds is 4. The lowest BCUT2D eigenvalue weighted by Crippen LogP contribution is -2.35. The summed E-state index contributed by atoms with van der Waals surface area (Å²) in [6.45, 7) is 1.85. The van der Waals surface area contributed by atoms with Crippen molar-refractivity contribution in [1.82, 2.24) is 19.2 Å². The fourth-order valence-corrected chi connectivity index (χ4v) is 3.52. The van der Waals surface area contributed by atoms with Crippen LogP contribution in [-0.2, 0) is 19.5 Å². The number of ether oxygens (including phenoxy) is 1. The fraction of sp³-hybridized carbons (Fsp3) is 0.286. The van der Waals surface area contributed by atoms with Crippen LogP contribution in [0.5, 0.6) is 5.75 Å². The summed E-state index contributed by atoms with van der Waals surface area (Å²) < 4.78 is 8.49. The van der Waals surface area contributed by atoms with Crippen LogP contribution in [0.15, 0.2) is 59.4 Å². The van der Waals surface area contributed by atoms with Gasteiger partial charge in [0.15, 0.2) is 0 Å². The van der Waals surface area contributed by atoms with Crippen molar-refractivity contribution in [2.75, 3.05) is 20.2 Å². The highest BCUT2D eigenvalue weighted by Gasteiger charge is 2.24. The van der Waals surface area contributed by atoms with Gasteiger partial charge in [0.05, 0.1) is 19.2 Å². The molecule has 0 fully saturated rings. The number of amides is 1. The standard InChI is InChI=1S/C21H22N4O3/c1-28-18-10-6-5-9-17(18)20(26)23-12-11-19-22-25(21(27)24(19)14-13-23)15-16-7-3-2-4-8-16/h2-10H,11-15H2,1H3. The number of para-hydroxylation sites is 1. The molecule has 0 atom stereocenters. The molecule has 0 unspecified atom stereocenters. The summed E-state index contributed by atoms with van der Waals surface area (Å²) >= 11 is 0. The number of methoxy groups -OCH3 is 1. The maximum Gasteiger partial charge on any atom is 0.346 e. The number of benzene rings is 2. The third-order valence-electron chi connectivity index (χ3n) is 5.00. The summed E-state index contributed by atoms with van der Waals surface area (Å²) in [6.07, 6.45) is 0.540. The van der Waals surface area contributed by atoms with E-state index in [1.165, 1.54) is 4.68 Å². The molecule has 28 heavy (non-hydrogen) atoms. The van der Waals surface area contributed by atoms with Gasteiger partial charge in [-0.3, -0.25) is 9.36 Å². The Morgan fingerprint density at radius 3 is 2.57 bits per heavy atom. The van der Waals surface area contributed by atoms with Crippen molar-refractivity contribution in [1.29, 1.82) is 0 Å². The first kappa shape index (κ1) is 18.0. The van der Waals surface area contributed by atoms with Crippen molar-refractivity contribution in [2.24, 2.45) is 0 Å². The van der Waals surface area contributed by atoms with Crippen LogP contribution < -0.4 is 10.4 Å². The van der Waals surface area contributed by atoms with Gasteiger partial charge in [-0.15, -0.1) is 0 Å². The van der Waals surface area contributed by atoms with Gasteiger partial charge in [0.25, 0.3) is 5.91 Å². The third-order valence-corrected chi connectivity index (χ3v) is 5.00. The van der Waals surface area contributed by atoms with E-state index in [-0.39, 0.29) is 11.6 Å². The van der Waals surface area contributed by atoms with Crippen LogP contribution in [0.1, 0.15) is 21.7 Å². The van der Waals surface area contributed by atoms with Crippen LogP contribution in [0.2, 0.25) is 0 Å². The number of carbonyl (C=O) groups excluding carboxylic acids is 1. The Kier molecular flexibility index (Phi) is 4.97. The lowest BCUT2D eigenvalue weighted by atomic mass is 10.1. The maximum absolute atomic E-state index is 12.9. The van der Waals surface area contributed by atoms with Gasteiger partial charge in [-0.2, -0.15) is 5.10 Å². The average molecular weight is 378 g/mol. The summed E-state index contributed by atoms with van der Waals surface area (Å²) in [5, 5.41) is 4.51. The van der Waals surface area contributed by atoms with Crippen LogP contribution in [0.4, 0.5) is 0 Å². The molecule has 2 heterocycles.